The van der Waals surface area contributed by atoms with E-state index in [1.165, 1.54) is 6.42 Å². The summed E-state index contributed by atoms with van der Waals surface area (Å²) in [7, 11) is 0. The van der Waals surface area contributed by atoms with Crippen LogP contribution in [-0.4, -0.2) is 0 Å². The topological polar surface area (TPSA) is 47.6 Å². The summed E-state index contributed by atoms with van der Waals surface area (Å²) in [5.41, 5.74) is 1.35. The van der Waals surface area contributed by atoms with E-state index in [2.05, 4.69) is 13.5 Å². The molecule has 1 saturated carbocycles. The summed E-state index contributed by atoms with van der Waals surface area (Å²) >= 11 is 0. The molecule has 2 heteroatoms. The van der Waals surface area contributed by atoms with Crippen LogP contribution in [0.2, 0.25) is 0 Å². The maximum absolute atomic E-state index is 8.92. The highest BCUT2D eigenvalue weighted by Gasteiger charge is 2.32. The first-order valence-corrected chi connectivity index (χ1v) is 5.32. The van der Waals surface area contributed by atoms with Crippen LogP contribution in [0.15, 0.2) is 23.8 Å². The van der Waals surface area contributed by atoms with Crippen molar-refractivity contribution >= 4 is 0 Å². The molecule has 0 spiro atoms. The van der Waals surface area contributed by atoms with E-state index in [1.54, 1.807) is 0 Å². The summed E-state index contributed by atoms with van der Waals surface area (Å²) in [6, 6.07) is 4.04. The van der Waals surface area contributed by atoms with Crippen molar-refractivity contribution in [2.24, 2.45) is 5.41 Å². The van der Waals surface area contributed by atoms with Crippen LogP contribution in [0.5, 0.6) is 0 Å². The Morgan fingerprint density at radius 3 is 2.67 bits per heavy atom. The zero-order valence-corrected chi connectivity index (χ0v) is 9.21. The largest absolute Gasteiger partial charge is 0.192 e. The molecule has 0 aromatic carbocycles. The second-order valence-corrected chi connectivity index (χ2v) is 4.34. The summed E-state index contributed by atoms with van der Waals surface area (Å²) in [5, 5.41) is 17.8. The third-order valence-electron chi connectivity index (χ3n) is 3.25. The molecule has 1 rings (SSSR count). The number of hydrogen-bond acceptors (Lipinski definition) is 2. The van der Waals surface area contributed by atoms with E-state index in [9.17, 15) is 0 Å². The second kappa shape index (κ2) is 4.80. The van der Waals surface area contributed by atoms with Gasteiger partial charge in [-0.05, 0) is 36.7 Å². The maximum Gasteiger partial charge on any atom is 0.129 e. The van der Waals surface area contributed by atoms with Crippen molar-refractivity contribution in [3.05, 3.63) is 23.8 Å². The number of hydrogen-bond donors (Lipinski definition) is 0. The molecule has 78 valence electrons. The van der Waals surface area contributed by atoms with Crippen LogP contribution in [0.1, 0.15) is 39.0 Å². The normalized spacial score (nSPS) is 25.1. The maximum atomic E-state index is 8.92. The molecule has 15 heavy (non-hydrogen) atoms. The average molecular weight is 200 g/mol. The van der Waals surface area contributed by atoms with Crippen LogP contribution < -0.4 is 0 Å². The van der Waals surface area contributed by atoms with E-state index >= 15 is 0 Å². The molecule has 0 saturated heterocycles. The predicted octanol–water partition coefficient (Wildman–Crippen LogP) is 3.49. The Bertz CT molecular complexity index is 349. The van der Waals surface area contributed by atoms with Gasteiger partial charge in [0.25, 0.3) is 0 Å². The summed E-state index contributed by atoms with van der Waals surface area (Å²) in [4.78, 5) is 0. The molecule has 0 bridgehead atoms. The van der Waals surface area contributed by atoms with E-state index < -0.39 is 0 Å². The molecule has 1 aliphatic rings. The number of rotatable bonds is 2. The van der Waals surface area contributed by atoms with Gasteiger partial charge in [0.15, 0.2) is 0 Å². The standard InChI is InChI=1S/C13H16N2/c1-3-7-13(2)8-5-4-6-12(13)11(9-14)10-15/h3H,1,4-8H2,2H3. The van der Waals surface area contributed by atoms with E-state index in [4.69, 9.17) is 10.5 Å². The highest BCUT2D eigenvalue weighted by atomic mass is 14.4. The van der Waals surface area contributed by atoms with Gasteiger partial charge in [-0.15, -0.1) is 6.58 Å². The van der Waals surface area contributed by atoms with Crippen molar-refractivity contribution < 1.29 is 0 Å². The highest BCUT2D eigenvalue weighted by Crippen LogP contribution is 2.44. The van der Waals surface area contributed by atoms with Crippen LogP contribution in [0.25, 0.3) is 0 Å². The van der Waals surface area contributed by atoms with E-state index in [0.29, 0.717) is 5.57 Å². The van der Waals surface area contributed by atoms with Crippen molar-refractivity contribution in [1.29, 1.82) is 10.5 Å². The Labute approximate surface area is 91.5 Å². The first-order valence-electron chi connectivity index (χ1n) is 5.32. The molecular weight excluding hydrogens is 184 g/mol. The van der Waals surface area contributed by atoms with E-state index in [1.807, 2.05) is 18.2 Å². The smallest absolute Gasteiger partial charge is 0.129 e. The zero-order chi connectivity index (χ0) is 11.3. The lowest BCUT2D eigenvalue weighted by atomic mass is 9.68. The lowest BCUT2D eigenvalue weighted by Gasteiger charge is -2.35. The lowest BCUT2D eigenvalue weighted by molar-refractivity contribution is 0.305. The Kier molecular flexibility index (Phi) is 3.69. The molecule has 0 N–H and O–H groups in total. The van der Waals surface area contributed by atoms with Gasteiger partial charge in [-0.1, -0.05) is 19.4 Å². The van der Waals surface area contributed by atoms with Gasteiger partial charge < -0.3 is 0 Å². The van der Waals surface area contributed by atoms with Gasteiger partial charge in [0.2, 0.25) is 0 Å². The first kappa shape index (κ1) is 11.5. The monoisotopic (exact) mass is 200 g/mol. The molecule has 1 fully saturated rings. The SMILES string of the molecule is C=CCC1(C)CCCCC1=C(C#N)C#N. The molecule has 0 heterocycles. The summed E-state index contributed by atoms with van der Waals surface area (Å²) in [6.07, 6.45) is 6.96. The average Bonchev–Trinajstić information content (AvgIpc) is 2.23. The van der Waals surface area contributed by atoms with Crippen LogP contribution in [-0.2, 0) is 0 Å². The van der Waals surface area contributed by atoms with Crippen molar-refractivity contribution in [3.8, 4) is 12.1 Å². The Hall–Kier alpha value is -1.54. The predicted molar refractivity (Wildman–Crippen MR) is 59.6 cm³/mol. The van der Waals surface area contributed by atoms with Gasteiger partial charge in [0.05, 0.1) is 0 Å². The zero-order valence-electron chi connectivity index (χ0n) is 9.21. The van der Waals surface area contributed by atoms with E-state index in [0.717, 1.165) is 31.3 Å². The summed E-state index contributed by atoms with van der Waals surface area (Å²) in [6.45, 7) is 5.89. The highest BCUT2D eigenvalue weighted by molar-refractivity contribution is 5.43. The molecule has 0 aliphatic heterocycles. The Morgan fingerprint density at radius 1 is 1.47 bits per heavy atom. The minimum absolute atomic E-state index is 0.0131. The van der Waals surface area contributed by atoms with Gasteiger partial charge >= 0.3 is 0 Å². The fraction of sp³-hybridized carbons (Fsp3) is 0.538. The van der Waals surface area contributed by atoms with Crippen LogP contribution in [0.3, 0.4) is 0 Å². The number of nitrogens with zero attached hydrogens (tertiary/aromatic N) is 2. The quantitative estimate of drug-likeness (QED) is 0.506. The molecule has 0 amide bonds. The fourth-order valence-electron chi connectivity index (χ4n) is 2.40. The van der Waals surface area contributed by atoms with Gasteiger partial charge in [-0.25, -0.2) is 0 Å². The molecule has 1 atom stereocenters. The van der Waals surface area contributed by atoms with Crippen LogP contribution in [0.4, 0.5) is 0 Å². The van der Waals surface area contributed by atoms with Crippen molar-refractivity contribution in [2.45, 2.75) is 39.0 Å². The third-order valence-corrected chi connectivity index (χ3v) is 3.25. The lowest BCUT2D eigenvalue weighted by Crippen LogP contribution is -2.23. The Balaban J connectivity index is 3.14. The van der Waals surface area contributed by atoms with E-state index in [-0.39, 0.29) is 5.41 Å². The summed E-state index contributed by atoms with van der Waals surface area (Å²) in [5.74, 6) is 0. The van der Waals surface area contributed by atoms with Gasteiger partial charge in [-0.3, -0.25) is 0 Å². The minimum atomic E-state index is -0.0131. The molecule has 0 aromatic heterocycles. The molecule has 1 unspecified atom stereocenters. The van der Waals surface area contributed by atoms with Gasteiger partial charge in [-0.2, -0.15) is 10.5 Å². The number of allylic oxidation sites excluding steroid dienone is 3. The van der Waals surface area contributed by atoms with Crippen LogP contribution in [0, 0.1) is 28.1 Å². The van der Waals surface area contributed by atoms with Crippen molar-refractivity contribution in [3.63, 3.8) is 0 Å². The minimum Gasteiger partial charge on any atom is -0.192 e. The van der Waals surface area contributed by atoms with Crippen molar-refractivity contribution in [1.82, 2.24) is 0 Å². The Morgan fingerprint density at radius 2 is 2.13 bits per heavy atom. The third kappa shape index (κ3) is 2.28. The first-order chi connectivity index (χ1) is 7.18. The molecular formula is C13H16N2. The fourth-order valence-corrected chi connectivity index (χ4v) is 2.40. The van der Waals surface area contributed by atoms with Gasteiger partial charge in [0.1, 0.15) is 17.7 Å². The van der Waals surface area contributed by atoms with Crippen LogP contribution >= 0.6 is 0 Å². The summed E-state index contributed by atoms with van der Waals surface area (Å²) < 4.78 is 0. The van der Waals surface area contributed by atoms with Crippen molar-refractivity contribution in [2.75, 3.05) is 0 Å². The second-order valence-electron chi connectivity index (χ2n) is 4.34. The molecule has 0 aromatic rings. The number of nitriles is 2. The molecule has 0 radical (unpaired) electrons. The molecule has 2 nitrogen and oxygen atoms in total. The molecule has 1 aliphatic carbocycles. The van der Waals surface area contributed by atoms with Gasteiger partial charge in [0, 0.05) is 0 Å².